The first-order chi connectivity index (χ1) is 8.56. The van der Waals surface area contributed by atoms with Crippen LogP contribution >= 0.6 is 7.82 Å². The summed E-state index contributed by atoms with van der Waals surface area (Å²) in [6.45, 7) is 2.78. The van der Waals surface area contributed by atoms with Crippen LogP contribution in [0.4, 0.5) is 0 Å². The largest absolute Gasteiger partial charge is 1.00 e. The SMILES string of the molecule is CCCCCCCCCCOCCOP(=O)([O-])[O-].[K+]. The molecule has 0 aromatic heterocycles. The molecule has 0 rings (SSSR count). The van der Waals surface area contributed by atoms with Crippen molar-refractivity contribution in [3.63, 3.8) is 0 Å². The summed E-state index contributed by atoms with van der Waals surface area (Å²) < 4.78 is 19.3. The van der Waals surface area contributed by atoms with Gasteiger partial charge in [-0.15, -0.1) is 0 Å². The number of ether oxygens (including phenoxy) is 1. The molecule has 110 valence electrons. The van der Waals surface area contributed by atoms with Crippen molar-refractivity contribution in [3.05, 3.63) is 0 Å². The number of hydrogen-bond acceptors (Lipinski definition) is 5. The van der Waals surface area contributed by atoms with Gasteiger partial charge in [0.2, 0.25) is 0 Å². The standard InChI is InChI=1S/C12H27O5P.K/c1-2-3-4-5-6-7-8-9-10-16-11-12-17-18(13,14)15;/h2-12H2,1H3,(H2,13,14,15);/q;+1/p-2. The molecule has 0 spiro atoms. The van der Waals surface area contributed by atoms with Crippen molar-refractivity contribution in [2.45, 2.75) is 58.3 Å². The smallest absolute Gasteiger partial charge is 0.790 e. The van der Waals surface area contributed by atoms with Crippen molar-refractivity contribution >= 4 is 7.82 Å². The van der Waals surface area contributed by atoms with Crippen LogP contribution in [0, 0.1) is 0 Å². The first-order valence-electron chi connectivity index (χ1n) is 6.80. The summed E-state index contributed by atoms with van der Waals surface area (Å²) in [4.78, 5) is 20.2. The van der Waals surface area contributed by atoms with Gasteiger partial charge in [-0.1, -0.05) is 51.9 Å². The van der Waals surface area contributed by atoms with Crippen LogP contribution in [0.1, 0.15) is 58.3 Å². The average Bonchev–Trinajstić information content (AvgIpc) is 2.29. The van der Waals surface area contributed by atoms with Gasteiger partial charge >= 0.3 is 51.4 Å². The Bertz CT molecular complexity index is 222. The monoisotopic (exact) mass is 319 g/mol. The number of phosphoric ester groups is 1. The van der Waals surface area contributed by atoms with E-state index in [2.05, 4.69) is 11.4 Å². The molecule has 0 amide bonds. The molecular weight excluding hydrogens is 294 g/mol. The molecule has 0 unspecified atom stereocenters. The first-order valence-corrected chi connectivity index (χ1v) is 8.26. The van der Waals surface area contributed by atoms with Gasteiger partial charge in [-0.3, -0.25) is 0 Å². The van der Waals surface area contributed by atoms with Crippen LogP contribution in [0.15, 0.2) is 0 Å². The van der Waals surface area contributed by atoms with E-state index in [0.717, 1.165) is 12.8 Å². The van der Waals surface area contributed by atoms with Gasteiger partial charge in [-0.25, -0.2) is 0 Å². The zero-order valence-corrected chi connectivity index (χ0v) is 16.3. The summed E-state index contributed by atoms with van der Waals surface area (Å²) in [5, 5.41) is 0. The Kier molecular flexibility index (Phi) is 19.5. The molecule has 0 saturated heterocycles. The minimum atomic E-state index is -4.83. The van der Waals surface area contributed by atoms with Crippen LogP contribution < -0.4 is 61.2 Å². The van der Waals surface area contributed by atoms with Crippen LogP contribution in [0.5, 0.6) is 0 Å². The molecule has 0 N–H and O–H groups in total. The number of hydrogen-bond donors (Lipinski definition) is 0. The second-order valence-corrected chi connectivity index (χ2v) is 5.52. The molecule has 19 heavy (non-hydrogen) atoms. The molecule has 0 heterocycles. The summed E-state index contributed by atoms with van der Waals surface area (Å²) >= 11 is 0. The van der Waals surface area contributed by atoms with Gasteiger partial charge < -0.3 is 23.6 Å². The number of phosphoric acid groups is 1. The summed E-state index contributed by atoms with van der Waals surface area (Å²) in [6.07, 6.45) is 9.84. The predicted octanol–water partition coefficient (Wildman–Crippen LogP) is -1.01. The molecular formula is C12H25KO5P-. The molecule has 0 aromatic rings. The Balaban J connectivity index is 0. The van der Waals surface area contributed by atoms with Crippen molar-refractivity contribution in [1.29, 1.82) is 0 Å². The Hall–Kier alpha value is 1.71. The molecule has 0 aromatic carbocycles. The quantitative estimate of drug-likeness (QED) is 0.247. The maximum Gasteiger partial charge on any atom is 1.00 e. The molecule has 0 aliphatic carbocycles. The Morgan fingerprint density at radius 3 is 1.89 bits per heavy atom. The number of unbranched alkanes of at least 4 members (excludes halogenated alkanes) is 7. The van der Waals surface area contributed by atoms with E-state index in [4.69, 9.17) is 4.74 Å². The summed E-state index contributed by atoms with van der Waals surface area (Å²) in [6, 6.07) is 0. The third-order valence-electron chi connectivity index (χ3n) is 2.62. The van der Waals surface area contributed by atoms with Gasteiger partial charge in [0.05, 0.1) is 21.0 Å². The van der Waals surface area contributed by atoms with Crippen LogP contribution in [0.3, 0.4) is 0 Å². The zero-order chi connectivity index (χ0) is 13.7. The maximum absolute atomic E-state index is 10.1. The van der Waals surface area contributed by atoms with E-state index in [1.54, 1.807) is 0 Å². The molecule has 0 saturated carbocycles. The number of rotatable bonds is 13. The molecule has 0 radical (unpaired) electrons. The van der Waals surface area contributed by atoms with E-state index in [1.165, 1.54) is 38.5 Å². The minimum Gasteiger partial charge on any atom is -0.790 e. The third kappa shape index (κ3) is 22.1. The molecule has 0 atom stereocenters. The Morgan fingerprint density at radius 2 is 1.37 bits per heavy atom. The van der Waals surface area contributed by atoms with E-state index in [9.17, 15) is 14.4 Å². The first kappa shape index (κ1) is 23.0. The summed E-state index contributed by atoms with van der Waals surface area (Å²) in [5.41, 5.74) is 0. The van der Waals surface area contributed by atoms with E-state index < -0.39 is 7.82 Å². The van der Waals surface area contributed by atoms with Crippen LogP contribution in [-0.4, -0.2) is 19.8 Å². The van der Waals surface area contributed by atoms with Gasteiger partial charge in [0.25, 0.3) is 0 Å². The Labute approximate surface area is 159 Å². The van der Waals surface area contributed by atoms with Crippen molar-refractivity contribution in [2.24, 2.45) is 0 Å². The van der Waals surface area contributed by atoms with Gasteiger partial charge in [-0.05, 0) is 6.42 Å². The fourth-order valence-electron chi connectivity index (χ4n) is 1.65. The fourth-order valence-corrected chi connectivity index (χ4v) is 1.95. The molecule has 0 bridgehead atoms. The van der Waals surface area contributed by atoms with E-state index >= 15 is 0 Å². The van der Waals surface area contributed by atoms with Crippen LogP contribution in [0.25, 0.3) is 0 Å². The average molecular weight is 319 g/mol. The van der Waals surface area contributed by atoms with Crippen molar-refractivity contribution in [3.8, 4) is 0 Å². The summed E-state index contributed by atoms with van der Waals surface area (Å²) in [5.74, 6) is 0. The van der Waals surface area contributed by atoms with Crippen molar-refractivity contribution in [2.75, 3.05) is 19.8 Å². The molecule has 7 heteroatoms. The van der Waals surface area contributed by atoms with Crippen LogP contribution in [-0.2, 0) is 13.8 Å². The molecule has 5 nitrogen and oxygen atoms in total. The van der Waals surface area contributed by atoms with E-state index in [0.29, 0.717) is 6.61 Å². The van der Waals surface area contributed by atoms with Gasteiger partial charge in [0.1, 0.15) is 0 Å². The minimum absolute atomic E-state index is 0. The third-order valence-corrected chi connectivity index (χ3v) is 3.12. The second-order valence-electron chi connectivity index (χ2n) is 4.37. The van der Waals surface area contributed by atoms with Crippen molar-refractivity contribution < 1.29 is 75.0 Å². The molecule has 0 aliphatic heterocycles. The van der Waals surface area contributed by atoms with E-state index in [-0.39, 0.29) is 64.6 Å². The zero-order valence-electron chi connectivity index (χ0n) is 12.3. The van der Waals surface area contributed by atoms with Gasteiger partial charge in [0, 0.05) is 6.61 Å². The Morgan fingerprint density at radius 1 is 0.842 bits per heavy atom. The second kappa shape index (κ2) is 16.1. The van der Waals surface area contributed by atoms with Crippen molar-refractivity contribution in [1.82, 2.24) is 0 Å². The molecule has 0 aliphatic rings. The predicted molar refractivity (Wildman–Crippen MR) is 67.0 cm³/mol. The maximum atomic E-state index is 10.1. The normalized spacial score (nSPS) is 11.3. The van der Waals surface area contributed by atoms with Gasteiger partial charge in [-0.2, -0.15) is 0 Å². The van der Waals surface area contributed by atoms with E-state index in [1.807, 2.05) is 0 Å². The van der Waals surface area contributed by atoms with Gasteiger partial charge in [0.15, 0.2) is 0 Å². The molecule has 0 fully saturated rings. The van der Waals surface area contributed by atoms with Crippen LogP contribution in [0.2, 0.25) is 0 Å². The topological polar surface area (TPSA) is 81.7 Å². The summed E-state index contributed by atoms with van der Waals surface area (Å²) in [7, 11) is -4.83. The fraction of sp³-hybridized carbons (Fsp3) is 1.00.